The molecule has 0 atom stereocenters. The molecule has 19 heavy (non-hydrogen) atoms. The van der Waals surface area contributed by atoms with E-state index in [1.807, 2.05) is 13.8 Å². The van der Waals surface area contributed by atoms with Crippen LogP contribution in [0, 0.1) is 0 Å². The quantitative estimate of drug-likeness (QED) is 0.499. The molecule has 0 radical (unpaired) electrons. The molecule has 0 amide bonds. The fourth-order valence-corrected chi connectivity index (χ4v) is 2.38. The molecule has 0 saturated carbocycles. The number of hydrogen-bond donors (Lipinski definition) is 2. The van der Waals surface area contributed by atoms with E-state index in [0.717, 1.165) is 32.1 Å². The van der Waals surface area contributed by atoms with Gasteiger partial charge >= 0.3 is 0 Å². The average Bonchev–Trinajstić information content (AvgIpc) is 2.23. The van der Waals surface area contributed by atoms with Crippen molar-refractivity contribution < 1.29 is 25.9 Å². The minimum Gasteiger partial charge on any atom is -0.286 e. The molecule has 6 nitrogen and oxygen atoms in total. The number of rotatable bonds is 9. The molecule has 0 aliphatic carbocycles. The molecular formula is C11H26O6S2. The minimum atomic E-state index is -3.70. The molecule has 0 aromatic heterocycles. The molecule has 0 fully saturated rings. The lowest BCUT2D eigenvalue weighted by Crippen LogP contribution is -2.03. The Labute approximate surface area is 117 Å². The maximum Gasteiger partial charge on any atom is 0.264 e. The molecule has 0 rings (SSSR count). The first-order chi connectivity index (χ1) is 8.62. The zero-order chi connectivity index (χ0) is 15.4. The first-order valence-corrected chi connectivity index (χ1v) is 9.74. The van der Waals surface area contributed by atoms with Crippen molar-refractivity contribution in [3.63, 3.8) is 0 Å². The Morgan fingerprint density at radius 3 is 1.26 bits per heavy atom. The molecule has 2 N–H and O–H groups in total. The van der Waals surface area contributed by atoms with E-state index in [9.17, 15) is 16.8 Å². The molecule has 0 spiro atoms. The van der Waals surface area contributed by atoms with Crippen LogP contribution in [0.2, 0.25) is 0 Å². The fourth-order valence-electron chi connectivity index (χ4n) is 1.25. The normalized spacial score (nSPS) is 11.8. The third kappa shape index (κ3) is 27.1. The van der Waals surface area contributed by atoms with Crippen LogP contribution in [0.3, 0.4) is 0 Å². The molecule has 0 heterocycles. The van der Waals surface area contributed by atoms with Crippen LogP contribution in [0.4, 0.5) is 0 Å². The van der Waals surface area contributed by atoms with E-state index < -0.39 is 20.2 Å². The van der Waals surface area contributed by atoms with Crippen LogP contribution in [0.5, 0.6) is 0 Å². The second-order valence-electron chi connectivity index (χ2n) is 4.34. The van der Waals surface area contributed by atoms with Crippen molar-refractivity contribution in [1.29, 1.82) is 0 Å². The highest BCUT2D eigenvalue weighted by Crippen LogP contribution is 2.00. The van der Waals surface area contributed by atoms with Gasteiger partial charge in [0.05, 0.1) is 11.5 Å². The van der Waals surface area contributed by atoms with E-state index in [1.54, 1.807) is 0 Å². The Morgan fingerprint density at radius 1 is 0.632 bits per heavy atom. The maximum absolute atomic E-state index is 10.1. The summed E-state index contributed by atoms with van der Waals surface area (Å²) in [6, 6.07) is 0. The third-order valence-corrected chi connectivity index (χ3v) is 3.87. The topological polar surface area (TPSA) is 109 Å². The van der Waals surface area contributed by atoms with Crippen LogP contribution in [0.15, 0.2) is 0 Å². The second-order valence-corrected chi connectivity index (χ2v) is 7.48. The van der Waals surface area contributed by atoms with Gasteiger partial charge in [-0.15, -0.1) is 0 Å². The Bertz CT molecular complexity index is 385. The van der Waals surface area contributed by atoms with Gasteiger partial charge in [0.2, 0.25) is 0 Å². The first kappa shape index (κ1) is 21.1. The molecule has 0 unspecified atom stereocenters. The minimum absolute atomic E-state index is 0.0903. The van der Waals surface area contributed by atoms with Gasteiger partial charge in [0, 0.05) is 0 Å². The zero-order valence-electron chi connectivity index (χ0n) is 11.7. The van der Waals surface area contributed by atoms with E-state index in [4.69, 9.17) is 9.11 Å². The van der Waals surface area contributed by atoms with Crippen molar-refractivity contribution in [2.24, 2.45) is 0 Å². The molecule has 0 aliphatic heterocycles. The van der Waals surface area contributed by atoms with Gasteiger partial charge in [0.15, 0.2) is 0 Å². The molecular weight excluding hydrogens is 292 g/mol. The summed E-state index contributed by atoms with van der Waals surface area (Å²) in [4.78, 5) is 0. The highest BCUT2D eigenvalue weighted by atomic mass is 32.2. The van der Waals surface area contributed by atoms with Crippen molar-refractivity contribution in [2.75, 3.05) is 11.5 Å². The molecule has 0 aromatic carbocycles. The van der Waals surface area contributed by atoms with Crippen LogP contribution in [-0.4, -0.2) is 37.4 Å². The molecule has 8 heteroatoms. The van der Waals surface area contributed by atoms with E-state index in [0.29, 0.717) is 12.8 Å². The highest BCUT2D eigenvalue weighted by molar-refractivity contribution is 7.86. The summed E-state index contributed by atoms with van der Waals surface area (Å²) in [6.45, 7) is 4.03. The predicted molar refractivity (Wildman–Crippen MR) is 76.5 cm³/mol. The summed E-state index contributed by atoms with van der Waals surface area (Å²) in [7, 11) is -7.40. The smallest absolute Gasteiger partial charge is 0.264 e. The van der Waals surface area contributed by atoms with Gasteiger partial charge in [0.25, 0.3) is 20.2 Å². The maximum atomic E-state index is 10.1. The Hall–Kier alpha value is -0.180. The van der Waals surface area contributed by atoms with Gasteiger partial charge in [-0.25, -0.2) is 0 Å². The van der Waals surface area contributed by atoms with E-state index in [2.05, 4.69) is 0 Å². The molecule has 0 saturated heterocycles. The highest BCUT2D eigenvalue weighted by Gasteiger charge is 2.02. The van der Waals surface area contributed by atoms with Gasteiger partial charge in [-0.2, -0.15) is 16.8 Å². The van der Waals surface area contributed by atoms with E-state index in [-0.39, 0.29) is 11.5 Å². The van der Waals surface area contributed by atoms with E-state index >= 15 is 0 Å². The first-order valence-electron chi connectivity index (χ1n) is 6.52. The summed E-state index contributed by atoms with van der Waals surface area (Å²) in [5.41, 5.74) is 0. The third-order valence-electron chi connectivity index (χ3n) is 2.26. The molecule has 0 aromatic rings. The van der Waals surface area contributed by atoms with Gasteiger partial charge in [-0.1, -0.05) is 46.0 Å². The number of unbranched alkanes of at least 4 members (excludes halogenated alkanes) is 5. The lowest BCUT2D eigenvalue weighted by Gasteiger charge is -1.95. The van der Waals surface area contributed by atoms with E-state index in [1.165, 1.54) is 0 Å². The summed E-state index contributed by atoms with van der Waals surface area (Å²) in [5, 5.41) is 0. The van der Waals surface area contributed by atoms with Crippen LogP contribution in [-0.2, 0) is 20.2 Å². The van der Waals surface area contributed by atoms with Crippen LogP contribution >= 0.6 is 0 Å². The van der Waals surface area contributed by atoms with Gasteiger partial charge in [-0.05, 0) is 12.8 Å². The summed E-state index contributed by atoms with van der Waals surface area (Å²) < 4.78 is 56.9. The second kappa shape index (κ2) is 11.6. The molecule has 0 bridgehead atoms. The van der Waals surface area contributed by atoms with Crippen LogP contribution in [0.1, 0.15) is 58.8 Å². The largest absolute Gasteiger partial charge is 0.286 e. The summed E-state index contributed by atoms with van der Waals surface area (Å²) >= 11 is 0. The fraction of sp³-hybridized carbons (Fsp3) is 1.00. The standard InChI is InChI=1S/C6H14O3S.C5H12O3S/c1-2-3-4-5-6-10(7,8)9;1-2-3-4-5-9(6,7)8/h2-6H2,1H3,(H,7,8,9);2-5H2,1H3,(H,6,7,8). The average molecular weight is 318 g/mol. The number of hydrogen-bond acceptors (Lipinski definition) is 4. The van der Waals surface area contributed by atoms with Crippen molar-refractivity contribution in [1.82, 2.24) is 0 Å². The van der Waals surface area contributed by atoms with Crippen LogP contribution < -0.4 is 0 Å². The predicted octanol–water partition coefficient (Wildman–Crippen LogP) is 2.52. The van der Waals surface area contributed by atoms with Crippen molar-refractivity contribution in [2.45, 2.75) is 58.8 Å². The summed E-state index contributed by atoms with van der Waals surface area (Å²) in [5.74, 6) is -0.187. The Kier molecular flexibility index (Phi) is 12.9. The van der Waals surface area contributed by atoms with Gasteiger partial charge in [0.1, 0.15) is 0 Å². The van der Waals surface area contributed by atoms with Crippen molar-refractivity contribution in [3.05, 3.63) is 0 Å². The monoisotopic (exact) mass is 318 g/mol. The lowest BCUT2D eigenvalue weighted by atomic mass is 10.2. The Balaban J connectivity index is 0. The van der Waals surface area contributed by atoms with Crippen molar-refractivity contribution >= 4 is 20.2 Å². The lowest BCUT2D eigenvalue weighted by molar-refractivity contribution is 0.477. The molecule has 118 valence electrons. The summed E-state index contributed by atoms with van der Waals surface area (Å²) in [6.07, 6.45) is 5.97. The van der Waals surface area contributed by atoms with Crippen molar-refractivity contribution in [3.8, 4) is 0 Å². The van der Waals surface area contributed by atoms with Crippen LogP contribution in [0.25, 0.3) is 0 Å². The van der Waals surface area contributed by atoms with Gasteiger partial charge < -0.3 is 0 Å². The van der Waals surface area contributed by atoms with Gasteiger partial charge in [-0.3, -0.25) is 9.11 Å². The SMILES string of the molecule is CCCCCCS(=O)(=O)O.CCCCCS(=O)(=O)O. The Morgan fingerprint density at radius 2 is 0.947 bits per heavy atom. The molecule has 0 aliphatic rings. The zero-order valence-corrected chi connectivity index (χ0v) is 13.3.